The lowest BCUT2D eigenvalue weighted by molar-refractivity contribution is -0.139. The van der Waals surface area contributed by atoms with Crippen molar-refractivity contribution in [1.82, 2.24) is 0 Å². The molecule has 0 saturated carbocycles. The maximum atomic E-state index is 13.9. The molecule has 2 heterocycles. The molecule has 1 atom stereocenters. The van der Waals surface area contributed by atoms with E-state index in [0.717, 1.165) is 0 Å². The number of rotatable bonds is 8. The van der Waals surface area contributed by atoms with Gasteiger partial charge in [0.25, 0.3) is 5.91 Å². The van der Waals surface area contributed by atoms with Crippen molar-refractivity contribution in [2.24, 2.45) is 0 Å². The van der Waals surface area contributed by atoms with E-state index in [9.17, 15) is 19.5 Å². The molecule has 0 fully saturated rings. The number of esters is 1. The summed E-state index contributed by atoms with van der Waals surface area (Å²) < 4.78 is 21.2. The highest BCUT2D eigenvalue weighted by Crippen LogP contribution is 2.43. The number of methoxy groups -OCH3 is 3. The van der Waals surface area contributed by atoms with E-state index >= 15 is 0 Å². The molecular weight excluding hydrogens is 538 g/mol. The van der Waals surface area contributed by atoms with Gasteiger partial charge in [0.05, 0.1) is 39.4 Å². The number of carbonyl (C=O) groups excluding carboxylic acids is 3. The van der Waals surface area contributed by atoms with Gasteiger partial charge in [-0.15, -0.1) is 0 Å². The Kier molecular flexibility index (Phi) is 7.23. The Labute approximate surface area is 234 Å². The summed E-state index contributed by atoms with van der Waals surface area (Å²) in [6.45, 7) is 0. The maximum absolute atomic E-state index is 13.9. The highest BCUT2D eigenvalue weighted by atomic mass is 35.5. The van der Waals surface area contributed by atoms with Gasteiger partial charge in [0.1, 0.15) is 5.75 Å². The second-order valence-corrected chi connectivity index (χ2v) is 9.44. The first-order valence-corrected chi connectivity index (χ1v) is 12.5. The van der Waals surface area contributed by atoms with Crippen molar-refractivity contribution in [2.45, 2.75) is 12.5 Å². The standard InChI is InChI=1S/C30H24ClNO8/c1-37-21-10-6-17(7-11-21)26-25(27(34)22-14-18-13-19(31)15-23(38-2)29(18)40-22)28(35)30(36)32(26)20-8-4-16(5-9-20)12-24(33)39-3/h4-11,13-15,26,35H,12H2,1-3H3. The Hall–Kier alpha value is -4.76. The first kappa shape index (κ1) is 26.8. The third-order valence-electron chi connectivity index (χ3n) is 6.67. The lowest BCUT2D eigenvalue weighted by Gasteiger charge is -2.27. The van der Waals surface area contributed by atoms with Gasteiger partial charge < -0.3 is 23.7 Å². The predicted molar refractivity (Wildman–Crippen MR) is 147 cm³/mol. The van der Waals surface area contributed by atoms with Crippen LogP contribution in [0.5, 0.6) is 11.5 Å². The fourth-order valence-electron chi connectivity index (χ4n) is 4.70. The van der Waals surface area contributed by atoms with Gasteiger partial charge in [-0.1, -0.05) is 35.9 Å². The van der Waals surface area contributed by atoms with Crippen LogP contribution < -0.4 is 14.4 Å². The summed E-state index contributed by atoms with van der Waals surface area (Å²) in [5, 5.41) is 12.0. The first-order valence-electron chi connectivity index (χ1n) is 12.1. The van der Waals surface area contributed by atoms with Crippen LogP contribution >= 0.6 is 11.6 Å². The molecule has 1 aliphatic heterocycles. The monoisotopic (exact) mass is 561 g/mol. The van der Waals surface area contributed by atoms with E-state index < -0.39 is 29.5 Å². The number of nitrogens with zero attached hydrogens (tertiary/aromatic N) is 1. The number of Topliss-reactive ketones (excluding diaryl/α,β-unsaturated/α-hetero) is 1. The quantitative estimate of drug-likeness (QED) is 0.218. The van der Waals surface area contributed by atoms with E-state index in [1.165, 1.54) is 32.3 Å². The number of benzene rings is 3. The molecule has 0 aliphatic carbocycles. The predicted octanol–water partition coefficient (Wildman–Crippen LogP) is 5.60. The number of halogens is 1. The number of hydrogen-bond donors (Lipinski definition) is 1. The molecule has 40 heavy (non-hydrogen) atoms. The lowest BCUT2D eigenvalue weighted by Crippen LogP contribution is -2.31. The van der Waals surface area contributed by atoms with Crippen LogP contribution in [0.25, 0.3) is 11.0 Å². The topological polar surface area (TPSA) is 116 Å². The van der Waals surface area contributed by atoms with E-state index in [2.05, 4.69) is 0 Å². The summed E-state index contributed by atoms with van der Waals surface area (Å²) in [5.41, 5.74) is 1.78. The Balaban J connectivity index is 1.60. The molecule has 10 heteroatoms. The number of anilines is 1. The highest BCUT2D eigenvalue weighted by molar-refractivity contribution is 6.31. The minimum atomic E-state index is -0.990. The van der Waals surface area contributed by atoms with Crippen LogP contribution in [0.4, 0.5) is 5.69 Å². The van der Waals surface area contributed by atoms with Crippen LogP contribution in [-0.2, 0) is 20.7 Å². The van der Waals surface area contributed by atoms with Gasteiger partial charge in [-0.2, -0.15) is 0 Å². The molecule has 3 aromatic carbocycles. The maximum Gasteiger partial charge on any atom is 0.309 e. The van der Waals surface area contributed by atoms with E-state index in [0.29, 0.717) is 44.3 Å². The number of ketones is 1. The molecule has 1 N–H and O–H groups in total. The van der Waals surface area contributed by atoms with Crippen LogP contribution in [0.15, 0.2) is 82.5 Å². The molecule has 1 unspecified atom stereocenters. The van der Waals surface area contributed by atoms with Crippen LogP contribution in [0.2, 0.25) is 5.02 Å². The molecular formula is C30H24ClNO8. The molecule has 5 rings (SSSR count). The lowest BCUT2D eigenvalue weighted by atomic mass is 9.94. The molecule has 0 radical (unpaired) electrons. The number of fused-ring (bicyclic) bond motifs is 1. The van der Waals surface area contributed by atoms with Crippen LogP contribution in [0.1, 0.15) is 27.7 Å². The van der Waals surface area contributed by atoms with Crippen molar-refractivity contribution in [3.63, 3.8) is 0 Å². The van der Waals surface area contributed by atoms with Crippen molar-refractivity contribution in [3.8, 4) is 11.5 Å². The van der Waals surface area contributed by atoms with Crippen LogP contribution in [0, 0.1) is 0 Å². The Morgan fingerprint density at radius 3 is 2.30 bits per heavy atom. The average Bonchev–Trinajstić information content (AvgIpc) is 3.51. The summed E-state index contributed by atoms with van der Waals surface area (Å²) in [4.78, 5) is 40.4. The summed E-state index contributed by atoms with van der Waals surface area (Å²) in [6, 6.07) is 17.1. The summed E-state index contributed by atoms with van der Waals surface area (Å²) in [5.74, 6) is -1.73. The third kappa shape index (κ3) is 4.76. The normalized spacial score (nSPS) is 15.1. The van der Waals surface area contributed by atoms with E-state index in [-0.39, 0.29) is 17.8 Å². The Bertz CT molecular complexity index is 1650. The zero-order valence-corrected chi connectivity index (χ0v) is 22.5. The van der Waals surface area contributed by atoms with Crippen molar-refractivity contribution < 1.29 is 38.1 Å². The minimum Gasteiger partial charge on any atom is -0.503 e. The fourth-order valence-corrected chi connectivity index (χ4v) is 4.92. The molecule has 0 bridgehead atoms. The minimum absolute atomic E-state index is 0.0550. The van der Waals surface area contributed by atoms with Gasteiger partial charge in [-0.25, -0.2) is 0 Å². The summed E-state index contributed by atoms with van der Waals surface area (Å²) >= 11 is 6.18. The zero-order chi connectivity index (χ0) is 28.6. The molecule has 9 nitrogen and oxygen atoms in total. The third-order valence-corrected chi connectivity index (χ3v) is 6.88. The van der Waals surface area contributed by atoms with Crippen molar-refractivity contribution in [1.29, 1.82) is 0 Å². The smallest absolute Gasteiger partial charge is 0.309 e. The second-order valence-electron chi connectivity index (χ2n) is 9.00. The fraction of sp³-hybridized carbons (Fsp3) is 0.167. The van der Waals surface area contributed by atoms with E-state index in [1.54, 1.807) is 60.7 Å². The number of hydrogen-bond acceptors (Lipinski definition) is 8. The van der Waals surface area contributed by atoms with Gasteiger partial charge in [0, 0.05) is 22.2 Å². The number of amides is 1. The zero-order valence-electron chi connectivity index (χ0n) is 21.8. The first-order chi connectivity index (χ1) is 19.2. The van der Waals surface area contributed by atoms with Gasteiger partial charge in [-0.05, 0) is 47.5 Å². The molecule has 204 valence electrons. The molecule has 0 saturated heterocycles. The number of carbonyl (C=O) groups is 3. The van der Waals surface area contributed by atoms with Crippen molar-refractivity contribution in [2.75, 3.05) is 26.2 Å². The molecule has 4 aromatic rings. The molecule has 1 amide bonds. The SMILES string of the molecule is COC(=O)Cc1ccc(N2C(=O)C(O)=C(C(=O)c3cc4cc(Cl)cc(OC)c4o3)C2c2ccc(OC)cc2)cc1. The van der Waals surface area contributed by atoms with Crippen LogP contribution in [0.3, 0.4) is 0 Å². The molecule has 1 aromatic heterocycles. The van der Waals surface area contributed by atoms with Gasteiger partial charge in [0.2, 0.25) is 5.78 Å². The largest absolute Gasteiger partial charge is 0.503 e. The van der Waals surface area contributed by atoms with Crippen molar-refractivity contribution in [3.05, 3.63) is 100.0 Å². The number of aliphatic hydroxyl groups is 1. The number of furan rings is 1. The van der Waals surface area contributed by atoms with Gasteiger partial charge in [0.15, 0.2) is 22.9 Å². The summed E-state index contributed by atoms with van der Waals surface area (Å²) in [6.07, 6.45) is 0.0550. The summed E-state index contributed by atoms with van der Waals surface area (Å²) in [7, 11) is 4.28. The molecule has 1 aliphatic rings. The highest BCUT2D eigenvalue weighted by Gasteiger charge is 2.45. The van der Waals surface area contributed by atoms with Gasteiger partial charge >= 0.3 is 5.97 Å². The molecule has 0 spiro atoms. The van der Waals surface area contributed by atoms with E-state index in [4.69, 9.17) is 30.2 Å². The second kappa shape index (κ2) is 10.8. The van der Waals surface area contributed by atoms with Crippen LogP contribution in [-0.4, -0.2) is 44.1 Å². The van der Waals surface area contributed by atoms with Crippen molar-refractivity contribution >= 4 is 45.9 Å². The van der Waals surface area contributed by atoms with Gasteiger partial charge in [-0.3, -0.25) is 19.3 Å². The van der Waals surface area contributed by atoms with E-state index in [1.807, 2.05) is 0 Å². The number of aliphatic hydroxyl groups excluding tert-OH is 1. The average molecular weight is 562 g/mol. The Morgan fingerprint density at radius 2 is 1.68 bits per heavy atom. The number of ether oxygens (including phenoxy) is 3. The Morgan fingerprint density at radius 1 is 0.975 bits per heavy atom.